The number of aliphatic carboxylic acids is 1. The molecule has 0 aliphatic rings. The zero-order valence-corrected chi connectivity index (χ0v) is 18.9. The molecular weight excluding hydrogens is 520 g/mol. The van der Waals surface area contributed by atoms with Gasteiger partial charge in [-0.2, -0.15) is 31.1 Å². The molecule has 2 heterocycles. The molecule has 194 valence electrons. The van der Waals surface area contributed by atoms with Gasteiger partial charge in [0.1, 0.15) is 6.04 Å². The zero-order chi connectivity index (χ0) is 27.3. The highest BCUT2D eigenvalue weighted by atomic mass is 32.2. The van der Waals surface area contributed by atoms with Gasteiger partial charge in [0.05, 0.1) is 10.6 Å². The monoisotopic (exact) mass is 537 g/mol. The van der Waals surface area contributed by atoms with Crippen LogP contribution in [0.2, 0.25) is 0 Å². The molecule has 0 aliphatic carbocycles. The summed E-state index contributed by atoms with van der Waals surface area (Å²) in [4.78, 5) is 20.6. The van der Waals surface area contributed by atoms with Crippen LogP contribution in [-0.2, 0) is 14.8 Å². The maximum absolute atomic E-state index is 12.8. The number of aromatic nitrogens is 3. The highest BCUT2D eigenvalue weighted by Crippen LogP contribution is 2.29. The van der Waals surface area contributed by atoms with Gasteiger partial charge in [0, 0.05) is 35.3 Å². The third-order valence-electron chi connectivity index (χ3n) is 4.28. The number of pyridine rings is 1. The summed E-state index contributed by atoms with van der Waals surface area (Å²) >= 11 is 0. The van der Waals surface area contributed by atoms with Gasteiger partial charge in [-0.15, -0.1) is 0 Å². The number of nitrogens with one attached hydrogen (secondary N) is 1. The van der Waals surface area contributed by atoms with Crippen LogP contribution in [0.4, 0.5) is 32.3 Å². The van der Waals surface area contributed by atoms with Crippen LogP contribution >= 0.6 is 0 Å². The van der Waals surface area contributed by atoms with Crippen molar-refractivity contribution in [2.75, 3.05) is 5.73 Å². The molecule has 0 fully saturated rings. The van der Waals surface area contributed by atoms with Crippen LogP contribution in [0.3, 0.4) is 0 Å². The third kappa shape index (κ3) is 7.61. The summed E-state index contributed by atoms with van der Waals surface area (Å²) in [5.74, 6) is -2.64. The molecule has 9 nitrogen and oxygen atoms in total. The number of carboxylic acids is 1. The number of hydrogen-bond donors (Lipinski definition) is 3. The number of nitrogens with two attached hydrogens (primary N) is 1. The highest BCUT2D eigenvalue weighted by molar-refractivity contribution is 7.89. The molecule has 0 radical (unpaired) electrons. The van der Waals surface area contributed by atoms with Gasteiger partial charge < -0.3 is 10.8 Å². The first-order valence-electron chi connectivity index (χ1n) is 9.55. The van der Waals surface area contributed by atoms with Gasteiger partial charge in [-0.1, -0.05) is 24.3 Å². The minimum atomic E-state index is -5.08. The number of hydrogen-bond acceptors (Lipinski definition) is 7. The smallest absolute Gasteiger partial charge is 0.475 e. The van der Waals surface area contributed by atoms with E-state index in [2.05, 4.69) is 15.0 Å². The standard InChI is InChI=1S/C18H16F3N5O2S.C2HF3O2/c1-11(18(19,20)21)26-29(27,28)16-5-3-2-4-14(16)12-6-7-15(23-8-12)13-9-24-17(22)25-10-13;3-2(4,5)1(6)7/h2-11,26H,1H3,(H2,22,24,25);(H,6,7)/t11-;/m1./s1. The van der Waals surface area contributed by atoms with E-state index in [1.54, 1.807) is 22.9 Å². The van der Waals surface area contributed by atoms with E-state index in [9.17, 15) is 34.8 Å². The molecule has 3 rings (SSSR count). The number of carboxylic acid groups (broad SMARTS) is 1. The maximum Gasteiger partial charge on any atom is 0.490 e. The Labute approximate surface area is 200 Å². The summed E-state index contributed by atoms with van der Waals surface area (Å²) in [7, 11) is -4.42. The summed E-state index contributed by atoms with van der Waals surface area (Å²) in [6, 6.07) is 6.76. The van der Waals surface area contributed by atoms with Gasteiger partial charge in [0.25, 0.3) is 0 Å². The number of halogens is 6. The van der Waals surface area contributed by atoms with Crippen molar-refractivity contribution in [3.8, 4) is 22.4 Å². The lowest BCUT2D eigenvalue weighted by atomic mass is 10.1. The fourth-order valence-corrected chi connectivity index (χ4v) is 3.96. The summed E-state index contributed by atoms with van der Waals surface area (Å²) in [5.41, 5.74) is 7.22. The zero-order valence-electron chi connectivity index (χ0n) is 18.0. The SMILES string of the molecule is C[C@@H](NS(=O)(=O)c1ccccc1-c1ccc(-c2cnc(N)nc2)nc1)C(F)(F)F.O=C(O)C(F)(F)F. The molecule has 0 amide bonds. The molecule has 4 N–H and O–H groups in total. The number of benzene rings is 1. The van der Waals surface area contributed by atoms with Crippen molar-refractivity contribution in [1.82, 2.24) is 19.7 Å². The minimum absolute atomic E-state index is 0.116. The summed E-state index contributed by atoms with van der Waals surface area (Å²) < 4.78 is 96.9. The van der Waals surface area contributed by atoms with Crippen LogP contribution < -0.4 is 10.5 Å². The first-order chi connectivity index (χ1) is 16.5. The van der Waals surface area contributed by atoms with E-state index in [-0.39, 0.29) is 16.4 Å². The van der Waals surface area contributed by atoms with Crippen LogP contribution in [0.5, 0.6) is 0 Å². The Bertz CT molecular complexity index is 1300. The normalized spacial score (nSPS) is 12.9. The maximum atomic E-state index is 12.8. The third-order valence-corrected chi connectivity index (χ3v) is 5.88. The van der Waals surface area contributed by atoms with Crippen LogP contribution in [0.1, 0.15) is 6.92 Å². The van der Waals surface area contributed by atoms with E-state index in [0.717, 1.165) is 6.92 Å². The van der Waals surface area contributed by atoms with Gasteiger partial charge in [0.15, 0.2) is 0 Å². The van der Waals surface area contributed by atoms with Gasteiger partial charge in [-0.05, 0) is 19.1 Å². The average molecular weight is 537 g/mol. The number of alkyl halides is 6. The average Bonchev–Trinajstić information content (AvgIpc) is 2.79. The first kappa shape index (κ1) is 28.4. The van der Waals surface area contributed by atoms with Crippen molar-refractivity contribution in [3.05, 3.63) is 55.0 Å². The molecule has 0 saturated heterocycles. The molecule has 2 aromatic heterocycles. The quantitative estimate of drug-likeness (QED) is 0.418. The Balaban J connectivity index is 0.000000572. The van der Waals surface area contributed by atoms with E-state index in [1.165, 1.54) is 36.8 Å². The van der Waals surface area contributed by atoms with Gasteiger partial charge in [-0.3, -0.25) is 4.98 Å². The number of sulfonamides is 1. The van der Waals surface area contributed by atoms with Gasteiger partial charge >= 0.3 is 18.3 Å². The number of carbonyl (C=O) groups is 1. The van der Waals surface area contributed by atoms with E-state index >= 15 is 0 Å². The summed E-state index contributed by atoms with van der Waals surface area (Å²) in [5, 5.41) is 7.12. The number of nitrogens with zero attached hydrogens (tertiary/aromatic N) is 3. The second-order valence-corrected chi connectivity index (χ2v) is 8.63. The predicted molar refractivity (Wildman–Crippen MR) is 115 cm³/mol. The van der Waals surface area contributed by atoms with Gasteiger partial charge in [-0.25, -0.2) is 23.2 Å². The highest BCUT2D eigenvalue weighted by Gasteiger charge is 2.39. The molecule has 36 heavy (non-hydrogen) atoms. The fraction of sp³-hybridized carbons (Fsp3) is 0.200. The summed E-state index contributed by atoms with van der Waals surface area (Å²) in [6.45, 7) is 0.741. The molecule has 0 aliphatic heterocycles. The molecule has 0 saturated carbocycles. The second-order valence-electron chi connectivity index (χ2n) is 6.95. The largest absolute Gasteiger partial charge is 0.490 e. The number of nitrogen functional groups attached to an aromatic ring is 1. The van der Waals surface area contributed by atoms with E-state index < -0.39 is 34.4 Å². The lowest BCUT2D eigenvalue weighted by molar-refractivity contribution is -0.192. The number of anilines is 1. The second kappa shape index (κ2) is 10.9. The van der Waals surface area contributed by atoms with Crippen molar-refractivity contribution in [2.45, 2.75) is 30.2 Å². The van der Waals surface area contributed by atoms with Crippen LogP contribution in [0, 0.1) is 0 Å². The Kier molecular flexibility index (Phi) is 8.58. The molecule has 0 bridgehead atoms. The predicted octanol–water partition coefficient (Wildman–Crippen LogP) is 3.65. The Morgan fingerprint density at radius 3 is 1.94 bits per heavy atom. The molecule has 1 aromatic carbocycles. The summed E-state index contributed by atoms with van der Waals surface area (Å²) in [6.07, 6.45) is -5.38. The van der Waals surface area contributed by atoms with Crippen molar-refractivity contribution in [1.29, 1.82) is 0 Å². The molecule has 0 unspecified atom stereocenters. The molecule has 1 atom stereocenters. The van der Waals surface area contributed by atoms with Crippen molar-refractivity contribution >= 4 is 21.9 Å². The van der Waals surface area contributed by atoms with Crippen LogP contribution in [-0.4, -0.2) is 52.8 Å². The molecule has 3 aromatic rings. The first-order valence-corrected chi connectivity index (χ1v) is 11.0. The van der Waals surface area contributed by atoms with E-state index in [4.69, 9.17) is 15.6 Å². The minimum Gasteiger partial charge on any atom is -0.475 e. The topological polar surface area (TPSA) is 148 Å². The molecule has 16 heteroatoms. The van der Waals surface area contributed by atoms with E-state index in [0.29, 0.717) is 16.8 Å². The molecule has 0 spiro atoms. The van der Waals surface area contributed by atoms with E-state index in [1.807, 2.05) is 0 Å². The fourth-order valence-electron chi connectivity index (χ4n) is 2.50. The van der Waals surface area contributed by atoms with Crippen LogP contribution in [0.25, 0.3) is 22.4 Å². The number of rotatable bonds is 5. The Morgan fingerprint density at radius 2 is 1.47 bits per heavy atom. The Morgan fingerprint density at radius 1 is 0.944 bits per heavy atom. The van der Waals surface area contributed by atoms with Crippen molar-refractivity contribution < 1.29 is 44.7 Å². The Hall–Kier alpha value is -3.79. The lowest BCUT2D eigenvalue weighted by Crippen LogP contribution is -2.43. The molecular formula is C20H17F6N5O4S. The van der Waals surface area contributed by atoms with Gasteiger partial charge in [0.2, 0.25) is 16.0 Å². The van der Waals surface area contributed by atoms with Crippen LogP contribution in [0.15, 0.2) is 59.9 Å². The van der Waals surface area contributed by atoms with Crippen molar-refractivity contribution in [2.24, 2.45) is 0 Å². The van der Waals surface area contributed by atoms with Crippen molar-refractivity contribution in [3.63, 3.8) is 0 Å². The lowest BCUT2D eigenvalue weighted by Gasteiger charge is -2.18.